The van der Waals surface area contributed by atoms with Gasteiger partial charge in [-0.05, 0) is 49.2 Å². The first-order valence-electron chi connectivity index (χ1n) is 8.12. The molecule has 0 spiro atoms. The van der Waals surface area contributed by atoms with Crippen molar-refractivity contribution in [2.45, 2.75) is 25.8 Å². The van der Waals surface area contributed by atoms with E-state index in [0.29, 0.717) is 28.6 Å². The van der Waals surface area contributed by atoms with Crippen molar-refractivity contribution in [2.75, 3.05) is 11.4 Å². The summed E-state index contributed by atoms with van der Waals surface area (Å²) in [6.45, 7) is 2.56. The molecular formula is C19H18Cl2N2O2. The fourth-order valence-corrected chi connectivity index (χ4v) is 3.52. The van der Waals surface area contributed by atoms with Crippen molar-refractivity contribution in [3.63, 3.8) is 0 Å². The monoisotopic (exact) mass is 376 g/mol. The Morgan fingerprint density at radius 1 is 1.20 bits per heavy atom. The number of nitrogens with one attached hydrogen (secondary N) is 1. The van der Waals surface area contributed by atoms with Crippen molar-refractivity contribution >= 4 is 40.7 Å². The standard InChI is InChI=1S/C19H18Cl2N2O2/c1-12(16-8-7-14(20)11-17(16)21)22-19(25)13-4-2-5-15(10-13)23-9-3-6-18(23)24/h2,4-5,7-8,10-12H,3,6,9H2,1H3,(H,22,25). The highest BCUT2D eigenvalue weighted by Gasteiger charge is 2.22. The molecule has 0 saturated carbocycles. The molecule has 130 valence electrons. The van der Waals surface area contributed by atoms with Crippen LogP contribution < -0.4 is 10.2 Å². The summed E-state index contributed by atoms with van der Waals surface area (Å²) in [6, 6.07) is 12.0. The van der Waals surface area contributed by atoms with E-state index in [2.05, 4.69) is 5.32 Å². The maximum Gasteiger partial charge on any atom is 0.251 e. The Kier molecular flexibility index (Phi) is 5.30. The van der Waals surface area contributed by atoms with Crippen molar-refractivity contribution < 1.29 is 9.59 Å². The minimum atomic E-state index is -0.269. The van der Waals surface area contributed by atoms with Gasteiger partial charge in [0.2, 0.25) is 5.91 Å². The van der Waals surface area contributed by atoms with Crippen LogP contribution in [0.15, 0.2) is 42.5 Å². The fourth-order valence-electron chi connectivity index (χ4n) is 2.95. The van der Waals surface area contributed by atoms with Crippen LogP contribution in [0.3, 0.4) is 0 Å². The van der Waals surface area contributed by atoms with Gasteiger partial charge in [-0.25, -0.2) is 0 Å². The Hall–Kier alpha value is -2.04. The SMILES string of the molecule is CC(NC(=O)c1cccc(N2CCCC2=O)c1)c1ccc(Cl)cc1Cl. The highest BCUT2D eigenvalue weighted by molar-refractivity contribution is 6.35. The van der Waals surface area contributed by atoms with E-state index in [1.807, 2.05) is 13.0 Å². The summed E-state index contributed by atoms with van der Waals surface area (Å²) in [5, 5.41) is 3.99. The number of benzene rings is 2. The number of amides is 2. The van der Waals surface area contributed by atoms with E-state index >= 15 is 0 Å². The molecule has 1 aliphatic heterocycles. The molecule has 1 heterocycles. The Morgan fingerprint density at radius 3 is 2.68 bits per heavy atom. The first-order chi connectivity index (χ1) is 12.0. The van der Waals surface area contributed by atoms with Gasteiger partial charge in [-0.3, -0.25) is 9.59 Å². The molecule has 1 saturated heterocycles. The van der Waals surface area contributed by atoms with Gasteiger partial charge in [-0.2, -0.15) is 0 Å². The number of hydrogen-bond donors (Lipinski definition) is 1. The molecule has 25 heavy (non-hydrogen) atoms. The lowest BCUT2D eigenvalue weighted by Crippen LogP contribution is -2.28. The minimum Gasteiger partial charge on any atom is -0.345 e. The summed E-state index contributed by atoms with van der Waals surface area (Å²) in [5.41, 5.74) is 2.06. The third-order valence-electron chi connectivity index (χ3n) is 4.27. The van der Waals surface area contributed by atoms with Gasteiger partial charge in [0, 0.05) is 34.3 Å². The van der Waals surface area contributed by atoms with E-state index in [1.165, 1.54) is 0 Å². The molecule has 2 aromatic rings. The quantitative estimate of drug-likeness (QED) is 0.846. The number of rotatable bonds is 4. The van der Waals surface area contributed by atoms with Gasteiger partial charge >= 0.3 is 0 Å². The number of anilines is 1. The third kappa shape index (κ3) is 3.97. The molecule has 0 aromatic heterocycles. The molecule has 4 nitrogen and oxygen atoms in total. The van der Waals surface area contributed by atoms with Crippen molar-refractivity contribution in [1.82, 2.24) is 5.32 Å². The smallest absolute Gasteiger partial charge is 0.251 e. The highest BCUT2D eigenvalue weighted by Crippen LogP contribution is 2.27. The van der Waals surface area contributed by atoms with Crippen LogP contribution in [-0.2, 0) is 4.79 Å². The van der Waals surface area contributed by atoms with Crippen LogP contribution in [0.1, 0.15) is 41.7 Å². The highest BCUT2D eigenvalue weighted by atomic mass is 35.5. The molecule has 0 radical (unpaired) electrons. The molecule has 6 heteroatoms. The Balaban J connectivity index is 1.76. The Bertz CT molecular complexity index is 823. The summed E-state index contributed by atoms with van der Waals surface area (Å²) in [7, 11) is 0. The second-order valence-electron chi connectivity index (χ2n) is 6.06. The normalized spacial score (nSPS) is 15.3. The lowest BCUT2D eigenvalue weighted by molar-refractivity contribution is -0.117. The summed E-state index contributed by atoms with van der Waals surface area (Å²) >= 11 is 12.1. The van der Waals surface area contributed by atoms with Crippen LogP contribution in [0.2, 0.25) is 10.0 Å². The second-order valence-corrected chi connectivity index (χ2v) is 6.90. The summed E-state index contributed by atoms with van der Waals surface area (Å²) < 4.78 is 0. The van der Waals surface area contributed by atoms with E-state index in [1.54, 1.807) is 41.3 Å². The van der Waals surface area contributed by atoms with Crippen LogP contribution >= 0.6 is 23.2 Å². The van der Waals surface area contributed by atoms with E-state index in [4.69, 9.17) is 23.2 Å². The van der Waals surface area contributed by atoms with Crippen LogP contribution in [0.4, 0.5) is 5.69 Å². The molecule has 1 N–H and O–H groups in total. The van der Waals surface area contributed by atoms with Crippen LogP contribution in [-0.4, -0.2) is 18.4 Å². The van der Waals surface area contributed by atoms with Gasteiger partial charge in [0.25, 0.3) is 5.91 Å². The zero-order valence-corrected chi connectivity index (χ0v) is 15.3. The van der Waals surface area contributed by atoms with Crippen molar-refractivity contribution in [3.8, 4) is 0 Å². The maximum absolute atomic E-state index is 12.6. The molecule has 1 atom stereocenters. The van der Waals surface area contributed by atoms with E-state index in [-0.39, 0.29) is 17.9 Å². The van der Waals surface area contributed by atoms with Crippen molar-refractivity contribution in [1.29, 1.82) is 0 Å². The lowest BCUT2D eigenvalue weighted by atomic mass is 10.1. The van der Waals surface area contributed by atoms with E-state index in [0.717, 1.165) is 17.7 Å². The van der Waals surface area contributed by atoms with Crippen LogP contribution in [0, 0.1) is 0 Å². The predicted octanol–water partition coefficient (Wildman–Crippen LogP) is 4.61. The molecule has 1 fully saturated rings. The van der Waals surface area contributed by atoms with Crippen LogP contribution in [0.25, 0.3) is 0 Å². The molecule has 3 rings (SSSR count). The number of carbonyl (C=O) groups excluding carboxylic acids is 2. The zero-order valence-electron chi connectivity index (χ0n) is 13.8. The Labute approximate surface area is 156 Å². The lowest BCUT2D eigenvalue weighted by Gasteiger charge is -2.18. The Morgan fingerprint density at radius 2 is 2.00 bits per heavy atom. The minimum absolute atomic E-state index is 0.0962. The molecule has 0 aliphatic carbocycles. The number of nitrogens with zero attached hydrogens (tertiary/aromatic N) is 1. The zero-order chi connectivity index (χ0) is 18.0. The molecule has 1 aliphatic rings. The van der Waals surface area contributed by atoms with Gasteiger partial charge < -0.3 is 10.2 Å². The summed E-state index contributed by atoms with van der Waals surface area (Å²) in [5.74, 6) is -0.120. The molecule has 2 aromatic carbocycles. The average molecular weight is 377 g/mol. The van der Waals surface area contributed by atoms with Gasteiger partial charge in [0.15, 0.2) is 0 Å². The molecule has 2 amide bonds. The number of carbonyl (C=O) groups is 2. The molecular weight excluding hydrogens is 359 g/mol. The summed E-state index contributed by atoms with van der Waals surface area (Å²) in [4.78, 5) is 26.2. The second kappa shape index (κ2) is 7.46. The van der Waals surface area contributed by atoms with Gasteiger partial charge in [0.05, 0.1) is 6.04 Å². The summed E-state index contributed by atoms with van der Waals surface area (Å²) in [6.07, 6.45) is 1.41. The van der Waals surface area contributed by atoms with E-state index in [9.17, 15) is 9.59 Å². The number of halogens is 2. The first kappa shape index (κ1) is 17.8. The van der Waals surface area contributed by atoms with Gasteiger partial charge in [0.1, 0.15) is 0 Å². The average Bonchev–Trinajstić information content (AvgIpc) is 3.01. The predicted molar refractivity (Wildman–Crippen MR) is 100 cm³/mol. The van der Waals surface area contributed by atoms with E-state index < -0.39 is 0 Å². The first-order valence-corrected chi connectivity index (χ1v) is 8.87. The topological polar surface area (TPSA) is 49.4 Å². The largest absolute Gasteiger partial charge is 0.345 e. The van der Waals surface area contributed by atoms with Crippen molar-refractivity contribution in [3.05, 3.63) is 63.6 Å². The maximum atomic E-state index is 12.6. The third-order valence-corrected chi connectivity index (χ3v) is 4.83. The van der Waals surface area contributed by atoms with Gasteiger partial charge in [-0.1, -0.05) is 35.3 Å². The molecule has 1 unspecified atom stereocenters. The van der Waals surface area contributed by atoms with Gasteiger partial charge in [-0.15, -0.1) is 0 Å². The fraction of sp³-hybridized carbons (Fsp3) is 0.263. The van der Waals surface area contributed by atoms with Crippen molar-refractivity contribution in [2.24, 2.45) is 0 Å². The van der Waals surface area contributed by atoms with Crippen LogP contribution in [0.5, 0.6) is 0 Å². The number of hydrogen-bond acceptors (Lipinski definition) is 2. The molecule has 0 bridgehead atoms.